The quantitative estimate of drug-likeness (QED) is 0.681. The van der Waals surface area contributed by atoms with Crippen LogP contribution in [0.15, 0.2) is 0 Å². The number of carbonyl (C=O) groups is 1. The summed E-state index contributed by atoms with van der Waals surface area (Å²) in [4.78, 5) is 12.1. The van der Waals surface area contributed by atoms with Gasteiger partial charge in [-0.15, -0.1) is 0 Å². The van der Waals surface area contributed by atoms with Gasteiger partial charge in [0, 0.05) is 0 Å². The maximum Gasteiger partial charge on any atom is 0.309 e. The third-order valence-corrected chi connectivity index (χ3v) is 2.50. The lowest BCUT2D eigenvalue weighted by Gasteiger charge is -2.34. The largest absolute Gasteiger partial charge is 0.463 e. The highest BCUT2D eigenvalue weighted by Gasteiger charge is 2.36. The maximum atomic E-state index is 12.1. The minimum absolute atomic E-state index is 0.0303. The molecule has 0 rings (SSSR count). The smallest absolute Gasteiger partial charge is 0.309 e. The number of carbonyl (C=O) groups excluding carboxylic acids is 1. The van der Waals surface area contributed by atoms with E-state index in [1.54, 1.807) is 0 Å². The first-order chi connectivity index (χ1) is 6.93. The van der Waals surface area contributed by atoms with Gasteiger partial charge in [-0.3, -0.25) is 4.79 Å². The molecule has 0 saturated carbocycles. The van der Waals surface area contributed by atoms with Crippen LogP contribution in [0.3, 0.4) is 0 Å². The average Bonchev–Trinajstić information content (AvgIpc) is 1.94. The highest BCUT2D eigenvalue weighted by atomic mass is 16.5. The van der Waals surface area contributed by atoms with E-state index in [0.717, 1.165) is 6.42 Å². The molecule has 1 atom stereocenters. The molecule has 96 valence electrons. The monoisotopic (exact) mass is 228 g/mol. The highest BCUT2D eigenvalue weighted by molar-refractivity contribution is 5.73. The number of hydrogen-bond acceptors (Lipinski definition) is 2. The topological polar surface area (TPSA) is 26.3 Å². The van der Waals surface area contributed by atoms with Crippen LogP contribution in [0.4, 0.5) is 0 Å². The van der Waals surface area contributed by atoms with Crippen LogP contribution in [0, 0.1) is 16.7 Å². The molecule has 0 bridgehead atoms. The van der Waals surface area contributed by atoms with E-state index in [0.29, 0.717) is 0 Å². The van der Waals surface area contributed by atoms with Crippen LogP contribution in [0.5, 0.6) is 0 Å². The molecule has 0 aliphatic carbocycles. The zero-order valence-corrected chi connectivity index (χ0v) is 12.2. The van der Waals surface area contributed by atoms with Crippen molar-refractivity contribution in [2.75, 3.05) is 0 Å². The van der Waals surface area contributed by atoms with Crippen molar-refractivity contribution in [3.63, 3.8) is 0 Å². The minimum Gasteiger partial charge on any atom is -0.463 e. The summed E-state index contributed by atoms with van der Waals surface area (Å²) < 4.78 is 5.35. The molecule has 0 aromatic heterocycles. The van der Waals surface area contributed by atoms with Crippen molar-refractivity contribution < 1.29 is 9.53 Å². The Morgan fingerprint density at radius 3 is 1.75 bits per heavy atom. The summed E-state index contributed by atoms with van der Waals surface area (Å²) in [5, 5.41) is 0. The standard InChI is InChI=1S/C14H28O2/c1-10(2)16-12(15)11(14(6,7)8)9-13(3,4)5/h10-11H,9H2,1-8H3. The molecule has 0 aromatic carbocycles. The van der Waals surface area contributed by atoms with Gasteiger partial charge in [-0.2, -0.15) is 0 Å². The van der Waals surface area contributed by atoms with Crippen LogP contribution in [-0.4, -0.2) is 12.1 Å². The second-order valence-corrected chi connectivity index (χ2v) is 7.17. The van der Waals surface area contributed by atoms with Crippen molar-refractivity contribution in [3.05, 3.63) is 0 Å². The van der Waals surface area contributed by atoms with Gasteiger partial charge in [-0.25, -0.2) is 0 Å². The zero-order chi connectivity index (χ0) is 13.1. The summed E-state index contributed by atoms with van der Waals surface area (Å²) in [6.45, 7) is 16.6. The number of esters is 1. The molecule has 16 heavy (non-hydrogen) atoms. The lowest BCUT2D eigenvalue weighted by Crippen LogP contribution is -2.34. The fraction of sp³-hybridized carbons (Fsp3) is 0.929. The normalized spacial score (nSPS) is 15.1. The number of rotatable bonds is 3. The van der Waals surface area contributed by atoms with Crippen LogP contribution in [0.1, 0.15) is 61.8 Å². The molecule has 2 heteroatoms. The Hall–Kier alpha value is -0.530. The van der Waals surface area contributed by atoms with Crippen LogP contribution in [-0.2, 0) is 9.53 Å². The maximum absolute atomic E-state index is 12.1. The highest BCUT2D eigenvalue weighted by Crippen LogP contribution is 2.36. The molecule has 0 aliphatic heterocycles. The number of hydrogen-bond donors (Lipinski definition) is 0. The first-order valence-corrected chi connectivity index (χ1v) is 6.14. The second kappa shape index (κ2) is 5.20. The van der Waals surface area contributed by atoms with E-state index in [-0.39, 0.29) is 28.8 Å². The second-order valence-electron chi connectivity index (χ2n) is 7.17. The Kier molecular flexibility index (Phi) is 5.03. The molecule has 0 aromatic rings. The molecule has 0 aliphatic rings. The lowest BCUT2D eigenvalue weighted by atomic mass is 9.72. The van der Waals surface area contributed by atoms with E-state index in [9.17, 15) is 4.79 Å². The fourth-order valence-electron chi connectivity index (χ4n) is 1.67. The predicted octanol–water partition coefficient (Wildman–Crippen LogP) is 4.04. The minimum atomic E-state index is -0.0579. The Balaban J connectivity index is 4.76. The van der Waals surface area contributed by atoms with Gasteiger partial charge in [0.05, 0.1) is 12.0 Å². The summed E-state index contributed by atoms with van der Waals surface area (Å²) in [5.41, 5.74) is 0.104. The average molecular weight is 228 g/mol. The summed E-state index contributed by atoms with van der Waals surface area (Å²) in [7, 11) is 0. The van der Waals surface area contributed by atoms with Gasteiger partial charge in [0.1, 0.15) is 0 Å². The van der Waals surface area contributed by atoms with Gasteiger partial charge in [0.15, 0.2) is 0 Å². The molecule has 0 heterocycles. The Bertz CT molecular complexity index is 228. The van der Waals surface area contributed by atoms with Crippen molar-refractivity contribution in [1.29, 1.82) is 0 Å². The van der Waals surface area contributed by atoms with Gasteiger partial charge >= 0.3 is 5.97 Å². The Morgan fingerprint density at radius 2 is 1.50 bits per heavy atom. The Labute approximate surface area is 101 Å². The SMILES string of the molecule is CC(C)OC(=O)C(CC(C)(C)C)C(C)(C)C. The zero-order valence-electron chi connectivity index (χ0n) is 12.2. The summed E-state index contributed by atoms with van der Waals surface area (Å²) in [6, 6.07) is 0. The predicted molar refractivity (Wildman–Crippen MR) is 68.2 cm³/mol. The Morgan fingerprint density at radius 1 is 1.06 bits per heavy atom. The summed E-state index contributed by atoms with van der Waals surface area (Å²) in [6.07, 6.45) is 0.833. The van der Waals surface area contributed by atoms with Crippen molar-refractivity contribution in [2.24, 2.45) is 16.7 Å². The van der Waals surface area contributed by atoms with E-state index in [1.807, 2.05) is 13.8 Å². The summed E-state index contributed by atoms with van der Waals surface area (Å²) >= 11 is 0. The molecular formula is C14H28O2. The van der Waals surface area contributed by atoms with E-state index < -0.39 is 0 Å². The summed E-state index contributed by atoms with van der Waals surface area (Å²) in [5.74, 6) is -0.0904. The van der Waals surface area contributed by atoms with Crippen molar-refractivity contribution in [3.8, 4) is 0 Å². The first-order valence-electron chi connectivity index (χ1n) is 6.14. The van der Waals surface area contributed by atoms with E-state index in [4.69, 9.17) is 4.74 Å². The van der Waals surface area contributed by atoms with Crippen LogP contribution in [0.2, 0.25) is 0 Å². The molecule has 0 amide bonds. The molecule has 0 fully saturated rings. The molecule has 1 unspecified atom stereocenters. The molecule has 0 spiro atoms. The van der Waals surface area contributed by atoms with Gasteiger partial charge < -0.3 is 4.74 Å². The fourth-order valence-corrected chi connectivity index (χ4v) is 1.67. The molecule has 0 N–H and O–H groups in total. The third-order valence-electron chi connectivity index (χ3n) is 2.50. The van der Waals surface area contributed by atoms with E-state index in [2.05, 4.69) is 41.5 Å². The number of ether oxygens (including phenoxy) is 1. The van der Waals surface area contributed by atoms with Crippen LogP contribution in [0.25, 0.3) is 0 Å². The molecule has 2 nitrogen and oxygen atoms in total. The molecular weight excluding hydrogens is 200 g/mol. The van der Waals surface area contributed by atoms with E-state index >= 15 is 0 Å². The molecule has 0 saturated heterocycles. The first kappa shape index (κ1) is 15.5. The van der Waals surface area contributed by atoms with Crippen LogP contribution >= 0.6 is 0 Å². The lowest BCUT2D eigenvalue weighted by molar-refractivity contribution is -0.157. The van der Waals surface area contributed by atoms with Gasteiger partial charge in [0.25, 0.3) is 0 Å². The van der Waals surface area contributed by atoms with E-state index in [1.165, 1.54) is 0 Å². The van der Waals surface area contributed by atoms with Gasteiger partial charge in [-0.05, 0) is 31.1 Å². The van der Waals surface area contributed by atoms with Crippen molar-refractivity contribution in [2.45, 2.75) is 67.9 Å². The van der Waals surface area contributed by atoms with Gasteiger partial charge in [-0.1, -0.05) is 41.5 Å². The third kappa shape index (κ3) is 6.14. The van der Waals surface area contributed by atoms with Crippen LogP contribution < -0.4 is 0 Å². The van der Waals surface area contributed by atoms with Crippen molar-refractivity contribution in [1.82, 2.24) is 0 Å². The van der Waals surface area contributed by atoms with Crippen molar-refractivity contribution >= 4 is 5.97 Å². The molecule has 0 radical (unpaired) electrons. The van der Waals surface area contributed by atoms with Gasteiger partial charge in [0.2, 0.25) is 0 Å².